The van der Waals surface area contributed by atoms with Crippen LogP contribution in [-0.2, 0) is 21.2 Å². The zero-order chi connectivity index (χ0) is 19.7. The highest BCUT2D eigenvalue weighted by Gasteiger charge is 2.24. The van der Waals surface area contributed by atoms with Crippen molar-refractivity contribution in [3.63, 3.8) is 0 Å². The van der Waals surface area contributed by atoms with Crippen LogP contribution in [0.15, 0.2) is 77.7 Å². The first-order valence-electron chi connectivity index (χ1n) is 9.03. The number of rotatable bonds is 4. The second-order valence-electron chi connectivity index (χ2n) is 6.76. The lowest BCUT2D eigenvalue weighted by molar-refractivity contribution is -0.116. The number of nitrogens with one attached hydrogen (secondary N) is 1. The number of carbonyl (C=O) groups excluding carboxylic acids is 1. The minimum atomic E-state index is -3.73. The van der Waals surface area contributed by atoms with E-state index in [0.717, 1.165) is 22.4 Å². The third kappa shape index (κ3) is 3.51. The van der Waals surface area contributed by atoms with Crippen molar-refractivity contribution in [1.29, 1.82) is 0 Å². The molecule has 0 atom stereocenters. The van der Waals surface area contributed by atoms with E-state index in [4.69, 9.17) is 0 Å². The molecule has 0 aliphatic carbocycles. The van der Waals surface area contributed by atoms with Crippen LogP contribution in [0.5, 0.6) is 0 Å². The Balaban J connectivity index is 1.61. The molecule has 3 aromatic carbocycles. The molecule has 1 aliphatic heterocycles. The lowest BCUT2D eigenvalue weighted by atomic mass is 10.1. The first kappa shape index (κ1) is 18.3. The zero-order valence-corrected chi connectivity index (χ0v) is 16.2. The molecule has 142 valence electrons. The number of hydrogen-bond donors (Lipinski definition) is 1. The Morgan fingerprint density at radius 3 is 2.43 bits per heavy atom. The summed E-state index contributed by atoms with van der Waals surface area (Å²) < 4.78 is 28.4. The molecule has 0 saturated carbocycles. The second-order valence-corrected chi connectivity index (χ2v) is 8.45. The van der Waals surface area contributed by atoms with Gasteiger partial charge in [0.1, 0.15) is 0 Å². The highest BCUT2D eigenvalue weighted by atomic mass is 32.2. The standard InChI is InChI=1S/C22H20N2O3S/c1-16(25)24-13-12-19-15-21(10-11-22(19)24)28(26,27)23-20-9-5-8-18(14-20)17-6-3-2-4-7-17/h2-11,14-15,23H,12-13H2,1H3. The fraction of sp³-hybridized carbons (Fsp3) is 0.136. The predicted molar refractivity (Wildman–Crippen MR) is 111 cm³/mol. The summed E-state index contributed by atoms with van der Waals surface area (Å²) in [4.78, 5) is 13.5. The first-order chi connectivity index (χ1) is 13.4. The van der Waals surface area contributed by atoms with Crippen LogP contribution in [-0.4, -0.2) is 20.9 Å². The van der Waals surface area contributed by atoms with Crippen LogP contribution in [0.3, 0.4) is 0 Å². The maximum Gasteiger partial charge on any atom is 0.261 e. The van der Waals surface area contributed by atoms with Crippen molar-refractivity contribution in [3.05, 3.63) is 78.4 Å². The van der Waals surface area contributed by atoms with Gasteiger partial charge in [-0.05, 0) is 53.4 Å². The number of anilines is 2. The van der Waals surface area contributed by atoms with Gasteiger partial charge in [-0.2, -0.15) is 0 Å². The van der Waals surface area contributed by atoms with Crippen molar-refractivity contribution in [2.75, 3.05) is 16.2 Å². The van der Waals surface area contributed by atoms with Gasteiger partial charge in [-0.15, -0.1) is 0 Å². The van der Waals surface area contributed by atoms with Crippen LogP contribution in [0.25, 0.3) is 11.1 Å². The summed E-state index contributed by atoms with van der Waals surface area (Å²) >= 11 is 0. The number of benzene rings is 3. The van der Waals surface area contributed by atoms with E-state index >= 15 is 0 Å². The Bertz CT molecular complexity index is 1140. The highest BCUT2D eigenvalue weighted by molar-refractivity contribution is 7.92. The predicted octanol–water partition coefficient (Wildman–Crippen LogP) is 4.06. The maximum atomic E-state index is 12.9. The molecule has 4 rings (SSSR count). The Kier molecular flexibility index (Phi) is 4.65. The third-order valence-electron chi connectivity index (χ3n) is 4.86. The van der Waals surface area contributed by atoms with Crippen molar-refractivity contribution < 1.29 is 13.2 Å². The summed E-state index contributed by atoms with van der Waals surface area (Å²) in [6.45, 7) is 2.10. The monoisotopic (exact) mass is 392 g/mol. The van der Waals surface area contributed by atoms with Gasteiger partial charge in [0.2, 0.25) is 5.91 Å². The fourth-order valence-electron chi connectivity index (χ4n) is 3.48. The van der Waals surface area contributed by atoms with Gasteiger partial charge < -0.3 is 4.90 Å². The first-order valence-corrected chi connectivity index (χ1v) is 10.5. The van der Waals surface area contributed by atoms with Gasteiger partial charge in [0, 0.05) is 24.8 Å². The zero-order valence-electron chi connectivity index (χ0n) is 15.4. The number of amides is 1. The van der Waals surface area contributed by atoms with E-state index in [2.05, 4.69) is 4.72 Å². The summed E-state index contributed by atoms with van der Waals surface area (Å²) in [5.41, 5.74) is 4.12. The van der Waals surface area contributed by atoms with Crippen LogP contribution in [0.1, 0.15) is 12.5 Å². The van der Waals surface area contributed by atoms with Crippen LogP contribution < -0.4 is 9.62 Å². The van der Waals surface area contributed by atoms with E-state index in [1.54, 1.807) is 29.2 Å². The van der Waals surface area contributed by atoms with Crippen molar-refractivity contribution in [2.24, 2.45) is 0 Å². The average Bonchev–Trinajstić information content (AvgIpc) is 3.12. The summed E-state index contributed by atoms with van der Waals surface area (Å²) in [5.74, 6) is -0.0368. The van der Waals surface area contributed by atoms with Crippen molar-refractivity contribution in [2.45, 2.75) is 18.2 Å². The smallest absolute Gasteiger partial charge is 0.261 e. The molecule has 28 heavy (non-hydrogen) atoms. The number of sulfonamides is 1. The third-order valence-corrected chi connectivity index (χ3v) is 6.24. The van der Waals surface area contributed by atoms with Gasteiger partial charge in [0.25, 0.3) is 10.0 Å². The minimum Gasteiger partial charge on any atom is -0.312 e. The van der Waals surface area contributed by atoms with E-state index in [9.17, 15) is 13.2 Å². The lowest BCUT2D eigenvalue weighted by Crippen LogP contribution is -2.25. The number of carbonyl (C=O) groups is 1. The average molecular weight is 392 g/mol. The largest absolute Gasteiger partial charge is 0.312 e. The molecule has 1 aliphatic rings. The van der Waals surface area contributed by atoms with E-state index in [0.29, 0.717) is 18.7 Å². The Labute approximate surface area is 164 Å². The van der Waals surface area contributed by atoms with E-state index in [1.165, 1.54) is 6.92 Å². The Hall–Kier alpha value is -3.12. The van der Waals surface area contributed by atoms with Crippen molar-refractivity contribution in [1.82, 2.24) is 0 Å². The summed E-state index contributed by atoms with van der Waals surface area (Å²) in [7, 11) is -3.73. The molecule has 5 nitrogen and oxygen atoms in total. The molecular weight excluding hydrogens is 372 g/mol. The molecular formula is C22H20N2O3S. The molecule has 3 aromatic rings. The van der Waals surface area contributed by atoms with Gasteiger partial charge in [-0.1, -0.05) is 42.5 Å². The van der Waals surface area contributed by atoms with E-state index in [-0.39, 0.29) is 10.8 Å². The molecule has 0 fully saturated rings. The molecule has 1 heterocycles. The van der Waals surface area contributed by atoms with E-state index in [1.807, 2.05) is 48.5 Å². The minimum absolute atomic E-state index is 0.0368. The molecule has 0 aromatic heterocycles. The molecule has 0 radical (unpaired) electrons. The lowest BCUT2D eigenvalue weighted by Gasteiger charge is -2.15. The fourth-order valence-corrected chi connectivity index (χ4v) is 4.58. The van der Waals surface area contributed by atoms with Crippen LogP contribution in [0.4, 0.5) is 11.4 Å². The summed E-state index contributed by atoms with van der Waals surface area (Å²) in [6, 6.07) is 22.0. The van der Waals surface area contributed by atoms with Gasteiger partial charge in [-0.25, -0.2) is 8.42 Å². The van der Waals surface area contributed by atoms with Crippen LogP contribution >= 0.6 is 0 Å². The molecule has 0 saturated heterocycles. The van der Waals surface area contributed by atoms with Crippen molar-refractivity contribution >= 4 is 27.3 Å². The Morgan fingerprint density at radius 2 is 1.68 bits per heavy atom. The quantitative estimate of drug-likeness (QED) is 0.728. The number of nitrogens with zero attached hydrogens (tertiary/aromatic N) is 1. The maximum absolute atomic E-state index is 12.9. The van der Waals surface area contributed by atoms with Gasteiger partial charge in [0.15, 0.2) is 0 Å². The SMILES string of the molecule is CC(=O)N1CCc2cc(S(=O)(=O)Nc3cccc(-c4ccccc4)c3)ccc21. The molecule has 1 N–H and O–H groups in total. The molecule has 0 spiro atoms. The normalized spacial score (nSPS) is 13.2. The van der Waals surface area contributed by atoms with Crippen LogP contribution in [0.2, 0.25) is 0 Å². The topological polar surface area (TPSA) is 66.5 Å². The van der Waals surface area contributed by atoms with Crippen LogP contribution in [0, 0.1) is 0 Å². The highest BCUT2D eigenvalue weighted by Crippen LogP contribution is 2.31. The van der Waals surface area contributed by atoms with Gasteiger partial charge in [-0.3, -0.25) is 9.52 Å². The Morgan fingerprint density at radius 1 is 0.929 bits per heavy atom. The van der Waals surface area contributed by atoms with Gasteiger partial charge >= 0.3 is 0 Å². The van der Waals surface area contributed by atoms with Crippen molar-refractivity contribution in [3.8, 4) is 11.1 Å². The number of hydrogen-bond acceptors (Lipinski definition) is 3. The molecule has 6 heteroatoms. The molecule has 0 bridgehead atoms. The molecule has 0 unspecified atom stereocenters. The molecule has 1 amide bonds. The summed E-state index contributed by atoms with van der Waals surface area (Å²) in [5, 5.41) is 0. The number of fused-ring (bicyclic) bond motifs is 1. The second kappa shape index (κ2) is 7.13. The van der Waals surface area contributed by atoms with Gasteiger partial charge in [0.05, 0.1) is 4.90 Å². The van der Waals surface area contributed by atoms with E-state index < -0.39 is 10.0 Å². The summed E-state index contributed by atoms with van der Waals surface area (Å²) in [6.07, 6.45) is 0.655.